The third-order valence-corrected chi connectivity index (χ3v) is 5.63. The number of carbonyl (C=O) groups excluding carboxylic acids is 1. The molecule has 0 unspecified atom stereocenters. The molecule has 6 nitrogen and oxygen atoms in total. The van der Waals surface area contributed by atoms with Crippen LogP contribution in [0.2, 0.25) is 0 Å². The number of nitriles is 1. The van der Waals surface area contributed by atoms with Gasteiger partial charge in [0.05, 0.1) is 22.7 Å². The maximum atomic E-state index is 13.7. The Kier molecular flexibility index (Phi) is 6.77. The van der Waals surface area contributed by atoms with Crippen molar-refractivity contribution in [2.75, 3.05) is 18.4 Å². The number of anilines is 1. The molecule has 0 aliphatic rings. The van der Waals surface area contributed by atoms with E-state index in [0.717, 1.165) is 10.4 Å². The summed E-state index contributed by atoms with van der Waals surface area (Å²) in [5, 5.41) is 11.2. The van der Waals surface area contributed by atoms with Crippen LogP contribution in [0.15, 0.2) is 41.3 Å². The summed E-state index contributed by atoms with van der Waals surface area (Å²) in [6.07, 6.45) is 0.362. The molecular formula is C18H16F3N3O3S. The Hall–Kier alpha value is -2.90. The predicted octanol–water partition coefficient (Wildman–Crippen LogP) is 3.01. The maximum Gasteiger partial charge on any atom is 0.244 e. The summed E-state index contributed by atoms with van der Waals surface area (Å²) >= 11 is 0. The number of halogens is 3. The molecule has 0 atom stereocenters. The molecular weight excluding hydrogens is 395 g/mol. The van der Waals surface area contributed by atoms with Crippen LogP contribution >= 0.6 is 0 Å². The highest BCUT2D eigenvalue weighted by Crippen LogP contribution is 2.22. The first-order valence-corrected chi connectivity index (χ1v) is 9.59. The molecule has 2 aromatic rings. The second-order valence-corrected chi connectivity index (χ2v) is 7.62. The molecule has 10 heteroatoms. The molecule has 28 heavy (non-hydrogen) atoms. The van der Waals surface area contributed by atoms with Crippen molar-refractivity contribution in [1.29, 1.82) is 5.26 Å². The van der Waals surface area contributed by atoms with Gasteiger partial charge in [-0.2, -0.15) is 9.57 Å². The summed E-state index contributed by atoms with van der Waals surface area (Å²) in [4.78, 5) is 11.9. The van der Waals surface area contributed by atoms with Crippen LogP contribution in [0, 0.1) is 28.8 Å². The van der Waals surface area contributed by atoms with Gasteiger partial charge in [-0.15, -0.1) is 0 Å². The number of amides is 1. The largest absolute Gasteiger partial charge is 0.322 e. The number of sulfonamides is 1. The van der Waals surface area contributed by atoms with E-state index in [2.05, 4.69) is 0 Å². The van der Waals surface area contributed by atoms with Crippen molar-refractivity contribution in [2.24, 2.45) is 0 Å². The van der Waals surface area contributed by atoms with Crippen molar-refractivity contribution in [3.63, 3.8) is 0 Å². The molecule has 0 saturated heterocycles. The van der Waals surface area contributed by atoms with E-state index < -0.39 is 45.6 Å². The first-order chi connectivity index (χ1) is 13.2. The number of rotatable bonds is 7. The first-order valence-electron chi connectivity index (χ1n) is 8.15. The Morgan fingerprint density at radius 2 is 1.82 bits per heavy atom. The Morgan fingerprint density at radius 3 is 2.46 bits per heavy atom. The number of hydrogen-bond donors (Lipinski definition) is 1. The van der Waals surface area contributed by atoms with Crippen LogP contribution < -0.4 is 5.32 Å². The van der Waals surface area contributed by atoms with Gasteiger partial charge in [-0.05, 0) is 30.7 Å². The molecule has 0 aromatic heterocycles. The fourth-order valence-electron chi connectivity index (χ4n) is 2.43. The topological polar surface area (TPSA) is 90.3 Å². The number of carbonyl (C=O) groups is 1. The molecule has 0 heterocycles. The smallest absolute Gasteiger partial charge is 0.244 e. The van der Waals surface area contributed by atoms with Gasteiger partial charge in [0.2, 0.25) is 15.9 Å². The molecule has 1 N–H and O–H groups in total. The van der Waals surface area contributed by atoms with Crippen LogP contribution in [0.3, 0.4) is 0 Å². The lowest BCUT2D eigenvalue weighted by atomic mass is 10.2. The van der Waals surface area contributed by atoms with Crippen molar-refractivity contribution >= 4 is 21.6 Å². The second kappa shape index (κ2) is 8.86. The maximum absolute atomic E-state index is 13.7. The second-order valence-electron chi connectivity index (χ2n) is 5.72. The quantitative estimate of drug-likeness (QED) is 0.709. The lowest BCUT2D eigenvalue weighted by Crippen LogP contribution is -2.39. The van der Waals surface area contributed by atoms with Crippen molar-refractivity contribution in [2.45, 2.75) is 18.2 Å². The Labute approximate surface area is 160 Å². The van der Waals surface area contributed by atoms with Crippen molar-refractivity contribution < 1.29 is 26.4 Å². The average molecular weight is 411 g/mol. The molecule has 0 saturated carbocycles. The van der Waals surface area contributed by atoms with Crippen LogP contribution in [0.5, 0.6) is 0 Å². The van der Waals surface area contributed by atoms with E-state index in [4.69, 9.17) is 5.26 Å². The Morgan fingerprint density at radius 1 is 1.14 bits per heavy atom. The third-order valence-electron chi connectivity index (χ3n) is 3.73. The number of benzene rings is 2. The molecule has 0 bridgehead atoms. The Bertz CT molecular complexity index is 1040. The van der Waals surface area contributed by atoms with E-state index in [1.54, 1.807) is 13.0 Å². The van der Waals surface area contributed by atoms with Gasteiger partial charge >= 0.3 is 0 Å². The molecule has 0 spiro atoms. The number of nitrogens with one attached hydrogen (secondary N) is 1. The van der Waals surface area contributed by atoms with Gasteiger partial charge in [0.25, 0.3) is 0 Å². The highest BCUT2D eigenvalue weighted by atomic mass is 32.2. The minimum Gasteiger partial charge on any atom is -0.322 e. The third kappa shape index (κ3) is 4.49. The number of hydrogen-bond acceptors (Lipinski definition) is 4. The zero-order valence-corrected chi connectivity index (χ0v) is 15.6. The average Bonchev–Trinajstić information content (AvgIpc) is 2.68. The van der Waals surface area contributed by atoms with Crippen molar-refractivity contribution in [3.05, 3.63) is 59.4 Å². The zero-order chi connectivity index (χ0) is 20.9. The monoisotopic (exact) mass is 411 g/mol. The molecule has 2 rings (SSSR count). The standard InChI is InChI=1S/C18H16F3N3O3S/c1-2-9-24(28(26,27)15-6-4-3-5-12(15)10-22)11-16(25)23-14-8-7-13(19)17(20)18(14)21/h3-8H,2,9,11H2,1H3,(H,23,25). The molecule has 0 radical (unpaired) electrons. The highest BCUT2D eigenvalue weighted by Gasteiger charge is 2.28. The van der Waals surface area contributed by atoms with E-state index in [1.165, 1.54) is 24.3 Å². The molecule has 1 amide bonds. The summed E-state index contributed by atoms with van der Waals surface area (Å²) in [6, 6.07) is 8.75. The summed E-state index contributed by atoms with van der Waals surface area (Å²) in [6.45, 7) is 0.940. The summed E-state index contributed by atoms with van der Waals surface area (Å²) in [5.41, 5.74) is -0.703. The van der Waals surface area contributed by atoms with Gasteiger partial charge in [0.1, 0.15) is 6.07 Å². The fourth-order valence-corrected chi connectivity index (χ4v) is 4.06. The molecule has 2 aromatic carbocycles. The van der Waals surface area contributed by atoms with Crippen molar-refractivity contribution in [3.8, 4) is 6.07 Å². The van der Waals surface area contributed by atoms with E-state index in [0.29, 0.717) is 12.5 Å². The molecule has 0 fully saturated rings. The van der Waals surface area contributed by atoms with Crippen LogP contribution in [-0.4, -0.2) is 31.7 Å². The first kappa shape index (κ1) is 21.4. The minimum absolute atomic E-state index is 0.0459. The summed E-state index contributed by atoms with van der Waals surface area (Å²) in [5.74, 6) is -5.71. The molecule has 0 aliphatic carbocycles. The van der Waals surface area contributed by atoms with Gasteiger partial charge in [0.15, 0.2) is 17.5 Å². The van der Waals surface area contributed by atoms with Crippen molar-refractivity contribution in [1.82, 2.24) is 4.31 Å². The summed E-state index contributed by atoms with van der Waals surface area (Å²) in [7, 11) is -4.20. The van der Waals surface area contributed by atoms with Crippen LogP contribution in [0.1, 0.15) is 18.9 Å². The van der Waals surface area contributed by atoms with Gasteiger partial charge < -0.3 is 5.32 Å². The normalized spacial score (nSPS) is 11.3. The van der Waals surface area contributed by atoms with Gasteiger partial charge in [0, 0.05) is 6.54 Å². The fraction of sp³-hybridized carbons (Fsp3) is 0.222. The van der Waals surface area contributed by atoms with E-state index in [1.807, 2.05) is 5.32 Å². The van der Waals surface area contributed by atoms with E-state index in [9.17, 15) is 26.4 Å². The Balaban J connectivity index is 2.29. The van der Waals surface area contributed by atoms with E-state index in [-0.39, 0.29) is 17.0 Å². The van der Waals surface area contributed by atoms with Crippen LogP contribution in [0.4, 0.5) is 18.9 Å². The molecule has 148 valence electrons. The van der Waals surface area contributed by atoms with E-state index >= 15 is 0 Å². The SMILES string of the molecule is CCCN(CC(=O)Nc1ccc(F)c(F)c1F)S(=O)(=O)c1ccccc1C#N. The lowest BCUT2D eigenvalue weighted by molar-refractivity contribution is -0.116. The summed E-state index contributed by atoms with van der Waals surface area (Å²) < 4.78 is 66.5. The van der Waals surface area contributed by atoms with Crippen LogP contribution in [-0.2, 0) is 14.8 Å². The van der Waals surface area contributed by atoms with Gasteiger partial charge in [-0.3, -0.25) is 4.79 Å². The minimum atomic E-state index is -4.20. The highest BCUT2D eigenvalue weighted by molar-refractivity contribution is 7.89. The predicted molar refractivity (Wildman–Crippen MR) is 95.2 cm³/mol. The molecule has 0 aliphatic heterocycles. The lowest BCUT2D eigenvalue weighted by Gasteiger charge is -2.21. The van der Waals surface area contributed by atoms with Gasteiger partial charge in [-0.1, -0.05) is 19.1 Å². The van der Waals surface area contributed by atoms with Crippen LogP contribution in [0.25, 0.3) is 0 Å². The number of nitrogens with zero attached hydrogens (tertiary/aromatic N) is 2. The van der Waals surface area contributed by atoms with Gasteiger partial charge in [-0.25, -0.2) is 21.6 Å². The zero-order valence-electron chi connectivity index (χ0n) is 14.7.